The Labute approximate surface area is 112 Å². The molecular weight excluding hydrogens is 240 g/mol. The second-order valence-corrected chi connectivity index (χ2v) is 5.39. The highest BCUT2D eigenvalue weighted by Crippen LogP contribution is 2.41. The molecule has 2 atom stereocenters. The van der Waals surface area contributed by atoms with Crippen molar-refractivity contribution in [2.75, 3.05) is 0 Å². The fourth-order valence-electron chi connectivity index (χ4n) is 2.63. The molecule has 1 aliphatic heterocycles. The lowest BCUT2D eigenvalue weighted by atomic mass is 10.0. The molecule has 3 rings (SSSR count). The normalized spacial score (nSPS) is 23.8. The van der Waals surface area contributed by atoms with Crippen molar-refractivity contribution in [2.24, 2.45) is 5.92 Å². The number of rotatable bonds is 4. The van der Waals surface area contributed by atoms with E-state index in [-0.39, 0.29) is 23.9 Å². The maximum Gasteiger partial charge on any atom is 0.243 e. The molecule has 0 unspecified atom stereocenters. The van der Waals surface area contributed by atoms with Crippen LogP contribution in [0.15, 0.2) is 30.3 Å². The van der Waals surface area contributed by atoms with Crippen LogP contribution < -0.4 is 10.6 Å². The van der Waals surface area contributed by atoms with Gasteiger partial charge >= 0.3 is 0 Å². The number of hydrogen-bond donors (Lipinski definition) is 2. The predicted octanol–water partition coefficient (Wildman–Crippen LogP) is 1.53. The lowest BCUT2D eigenvalue weighted by Gasteiger charge is -2.21. The third kappa shape index (κ3) is 2.78. The number of carbonyl (C=O) groups excluding carboxylic acids is 2. The predicted molar refractivity (Wildman–Crippen MR) is 71.2 cm³/mol. The zero-order valence-corrected chi connectivity index (χ0v) is 10.8. The van der Waals surface area contributed by atoms with Crippen LogP contribution in [-0.2, 0) is 9.59 Å². The summed E-state index contributed by atoms with van der Waals surface area (Å²) in [6, 6.07) is 9.81. The molecule has 4 nitrogen and oxygen atoms in total. The van der Waals surface area contributed by atoms with Crippen molar-refractivity contribution in [2.45, 2.75) is 37.8 Å². The first-order chi connectivity index (χ1) is 9.24. The highest BCUT2D eigenvalue weighted by Gasteiger charge is 2.36. The van der Waals surface area contributed by atoms with Crippen molar-refractivity contribution in [3.05, 3.63) is 35.9 Å². The van der Waals surface area contributed by atoms with Gasteiger partial charge in [0.2, 0.25) is 11.8 Å². The molecule has 1 aliphatic carbocycles. The van der Waals surface area contributed by atoms with Crippen LogP contribution in [0.1, 0.15) is 37.3 Å². The van der Waals surface area contributed by atoms with E-state index < -0.39 is 0 Å². The van der Waals surface area contributed by atoms with Crippen LogP contribution in [0, 0.1) is 5.92 Å². The van der Waals surface area contributed by atoms with Crippen molar-refractivity contribution < 1.29 is 9.59 Å². The summed E-state index contributed by atoms with van der Waals surface area (Å²) in [7, 11) is 0. The molecule has 4 heteroatoms. The number of hydrogen-bond acceptors (Lipinski definition) is 2. The van der Waals surface area contributed by atoms with E-state index in [0.717, 1.165) is 18.4 Å². The van der Waals surface area contributed by atoms with Crippen LogP contribution in [0.25, 0.3) is 0 Å². The minimum absolute atomic E-state index is 0.0252. The van der Waals surface area contributed by atoms with Crippen molar-refractivity contribution in [3.63, 3.8) is 0 Å². The summed E-state index contributed by atoms with van der Waals surface area (Å²) in [4.78, 5) is 23.3. The molecule has 19 heavy (non-hydrogen) atoms. The Bertz CT molecular complexity index is 482. The Morgan fingerprint density at radius 2 is 1.95 bits per heavy atom. The van der Waals surface area contributed by atoms with E-state index in [0.29, 0.717) is 18.8 Å². The van der Waals surface area contributed by atoms with E-state index in [9.17, 15) is 9.59 Å². The molecule has 2 amide bonds. The number of nitrogens with one attached hydrogen (secondary N) is 2. The average molecular weight is 258 g/mol. The van der Waals surface area contributed by atoms with Crippen molar-refractivity contribution in [1.29, 1.82) is 0 Å². The van der Waals surface area contributed by atoms with Crippen LogP contribution in [0.4, 0.5) is 0 Å². The Balaban J connectivity index is 1.68. The lowest BCUT2D eigenvalue weighted by Crippen LogP contribution is -2.43. The van der Waals surface area contributed by atoms with Gasteiger partial charge in [-0.15, -0.1) is 0 Å². The van der Waals surface area contributed by atoms with Gasteiger partial charge in [0, 0.05) is 6.42 Å². The molecule has 1 saturated carbocycles. The number of amides is 2. The van der Waals surface area contributed by atoms with Crippen molar-refractivity contribution in [3.8, 4) is 0 Å². The molecule has 1 aromatic rings. The molecule has 2 fully saturated rings. The van der Waals surface area contributed by atoms with E-state index in [1.807, 2.05) is 18.2 Å². The summed E-state index contributed by atoms with van der Waals surface area (Å²) in [6.45, 7) is 0. The second kappa shape index (κ2) is 5.03. The maximum absolute atomic E-state index is 12.2. The Morgan fingerprint density at radius 3 is 2.53 bits per heavy atom. The summed E-state index contributed by atoms with van der Waals surface area (Å²) in [6.07, 6.45) is 3.39. The van der Waals surface area contributed by atoms with Gasteiger partial charge in [0.15, 0.2) is 0 Å². The Hall–Kier alpha value is -1.84. The van der Waals surface area contributed by atoms with E-state index in [4.69, 9.17) is 0 Å². The van der Waals surface area contributed by atoms with Crippen molar-refractivity contribution in [1.82, 2.24) is 10.6 Å². The van der Waals surface area contributed by atoms with Crippen molar-refractivity contribution >= 4 is 11.8 Å². The van der Waals surface area contributed by atoms with E-state index in [2.05, 4.69) is 22.8 Å². The third-order valence-corrected chi connectivity index (χ3v) is 3.86. The minimum atomic E-state index is -0.350. The van der Waals surface area contributed by atoms with Gasteiger partial charge in [-0.3, -0.25) is 9.59 Å². The molecule has 1 saturated heterocycles. The Morgan fingerprint density at radius 1 is 1.21 bits per heavy atom. The first-order valence-electron chi connectivity index (χ1n) is 6.89. The summed E-state index contributed by atoms with van der Waals surface area (Å²) in [5, 5.41) is 5.82. The number of benzene rings is 1. The second-order valence-electron chi connectivity index (χ2n) is 5.39. The molecule has 0 bridgehead atoms. The van der Waals surface area contributed by atoms with Crippen LogP contribution in [0.2, 0.25) is 0 Å². The molecule has 0 radical (unpaired) electrons. The van der Waals surface area contributed by atoms with Crippen LogP contribution in [-0.4, -0.2) is 17.9 Å². The summed E-state index contributed by atoms with van der Waals surface area (Å²) >= 11 is 0. The monoisotopic (exact) mass is 258 g/mol. The summed E-state index contributed by atoms with van der Waals surface area (Å²) < 4.78 is 0. The van der Waals surface area contributed by atoms with Crippen LogP contribution in [0.5, 0.6) is 0 Å². The Kier molecular flexibility index (Phi) is 3.23. The van der Waals surface area contributed by atoms with Gasteiger partial charge in [0.25, 0.3) is 0 Å². The fourth-order valence-corrected chi connectivity index (χ4v) is 2.63. The molecular formula is C15H18N2O2. The van der Waals surface area contributed by atoms with Crippen LogP contribution in [0.3, 0.4) is 0 Å². The van der Waals surface area contributed by atoms with Crippen LogP contribution >= 0.6 is 0 Å². The SMILES string of the molecule is O=C1CC[C@@H](C(=O)N[C@@H](c2ccccc2)C2CC2)N1. The van der Waals surface area contributed by atoms with E-state index in [1.54, 1.807) is 0 Å². The highest BCUT2D eigenvalue weighted by molar-refractivity contribution is 5.91. The molecule has 0 aromatic heterocycles. The van der Waals surface area contributed by atoms with Gasteiger partial charge in [0.05, 0.1) is 6.04 Å². The summed E-state index contributed by atoms with van der Waals surface area (Å²) in [5.41, 5.74) is 1.16. The fraction of sp³-hybridized carbons (Fsp3) is 0.467. The standard InChI is InChI=1S/C15H18N2O2/c18-13-9-8-12(16-13)15(19)17-14(11-6-7-11)10-4-2-1-3-5-10/h1-5,11-12,14H,6-9H2,(H,16,18)(H,17,19)/t12-,14-/m0/s1. The lowest BCUT2D eigenvalue weighted by molar-refractivity contribution is -0.126. The van der Waals surface area contributed by atoms with Gasteiger partial charge < -0.3 is 10.6 Å². The average Bonchev–Trinajstić information content (AvgIpc) is 3.18. The molecule has 1 heterocycles. The van der Waals surface area contributed by atoms with Gasteiger partial charge in [-0.25, -0.2) is 0 Å². The minimum Gasteiger partial charge on any atom is -0.347 e. The zero-order chi connectivity index (χ0) is 13.2. The molecule has 100 valence electrons. The topological polar surface area (TPSA) is 58.2 Å². The molecule has 2 N–H and O–H groups in total. The highest BCUT2D eigenvalue weighted by atomic mass is 16.2. The third-order valence-electron chi connectivity index (χ3n) is 3.86. The zero-order valence-electron chi connectivity index (χ0n) is 10.8. The van der Waals surface area contributed by atoms with Gasteiger partial charge in [-0.05, 0) is 30.7 Å². The smallest absolute Gasteiger partial charge is 0.243 e. The van der Waals surface area contributed by atoms with E-state index in [1.165, 1.54) is 0 Å². The van der Waals surface area contributed by atoms with Gasteiger partial charge in [-0.2, -0.15) is 0 Å². The molecule has 2 aliphatic rings. The first-order valence-corrected chi connectivity index (χ1v) is 6.89. The maximum atomic E-state index is 12.2. The quantitative estimate of drug-likeness (QED) is 0.860. The van der Waals surface area contributed by atoms with E-state index >= 15 is 0 Å². The first kappa shape index (κ1) is 12.2. The van der Waals surface area contributed by atoms with Gasteiger partial charge in [-0.1, -0.05) is 30.3 Å². The molecule has 0 spiro atoms. The molecule has 1 aromatic carbocycles. The number of carbonyl (C=O) groups is 2. The van der Waals surface area contributed by atoms with Gasteiger partial charge in [0.1, 0.15) is 6.04 Å². The largest absolute Gasteiger partial charge is 0.347 e. The summed E-state index contributed by atoms with van der Waals surface area (Å²) in [5.74, 6) is 0.470.